The summed E-state index contributed by atoms with van der Waals surface area (Å²) in [6.45, 7) is 0.414. The van der Waals surface area contributed by atoms with Crippen molar-refractivity contribution >= 4 is 26.8 Å². The number of piperidine rings is 1. The third kappa shape index (κ3) is 3.37. The van der Waals surface area contributed by atoms with Gasteiger partial charge in [-0.15, -0.1) is 0 Å². The van der Waals surface area contributed by atoms with Gasteiger partial charge in [-0.2, -0.15) is 18.0 Å². The average Bonchev–Trinajstić information content (AvgIpc) is 3.41. The van der Waals surface area contributed by atoms with E-state index in [0.717, 1.165) is 18.9 Å². The normalized spacial score (nSPS) is 20.0. The second-order valence-corrected chi connectivity index (χ2v) is 9.55. The minimum absolute atomic E-state index is 0.0111. The van der Waals surface area contributed by atoms with Crippen molar-refractivity contribution in [1.82, 2.24) is 13.9 Å². The summed E-state index contributed by atoms with van der Waals surface area (Å²) in [5.74, 6) is -0.770. The first-order chi connectivity index (χ1) is 15.3. The number of hydrogen-bond acceptors (Lipinski definition) is 6. The topological polar surface area (TPSA) is 117 Å². The zero-order chi connectivity index (χ0) is 22.6. The average molecular weight is 455 g/mol. The summed E-state index contributed by atoms with van der Waals surface area (Å²) in [4.78, 5) is 16.5. The number of aryl methyl sites for hydroxylation is 1. The second kappa shape index (κ2) is 7.29. The molecule has 0 bridgehead atoms. The lowest BCUT2D eigenvalue weighted by Gasteiger charge is -2.20. The summed E-state index contributed by atoms with van der Waals surface area (Å²) in [5, 5.41) is 9.93. The maximum absolute atomic E-state index is 14.6. The Morgan fingerprint density at radius 3 is 2.81 bits per heavy atom. The largest absolute Gasteiger partial charge is 0.453 e. The molecule has 0 radical (unpaired) electrons. The third-order valence-corrected chi connectivity index (χ3v) is 7.40. The van der Waals surface area contributed by atoms with E-state index in [9.17, 15) is 22.9 Å². The molecule has 1 saturated carbocycles. The van der Waals surface area contributed by atoms with Crippen molar-refractivity contribution in [2.24, 2.45) is 13.0 Å². The Hall–Kier alpha value is -3.49. The van der Waals surface area contributed by atoms with Gasteiger partial charge in [0.25, 0.3) is 5.56 Å². The van der Waals surface area contributed by atoms with Crippen LogP contribution in [0.25, 0.3) is 10.9 Å². The number of nitrogens with one attached hydrogen (secondary N) is 1. The van der Waals surface area contributed by atoms with Crippen LogP contribution in [-0.4, -0.2) is 34.9 Å². The van der Waals surface area contributed by atoms with Crippen LogP contribution in [0.4, 0.5) is 10.1 Å². The number of rotatable bonds is 5. The highest BCUT2D eigenvalue weighted by molar-refractivity contribution is 7.90. The Balaban J connectivity index is 1.51. The summed E-state index contributed by atoms with van der Waals surface area (Å²) in [7, 11) is -2.34. The number of anilines is 1. The van der Waals surface area contributed by atoms with E-state index in [1.54, 1.807) is 13.1 Å². The van der Waals surface area contributed by atoms with E-state index in [1.807, 2.05) is 6.07 Å². The maximum atomic E-state index is 14.6. The summed E-state index contributed by atoms with van der Waals surface area (Å²) >= 11 is 0. The van der Waals surface area contributed by atoms with E-state index < -0.39 is 21.8 Å². The molecule has 0 spiro atoms. The van der Waals surface area contributed by atoms with E-state index in [2.05, 4.69) is 9.71 Å². The quantitative estimate of drug-likeness (QED) is 0.632. The van der Waals surface area contributed by atoms with Crippen LogP contribution >= 0.6 is 0 Å². The summed E-state index contributed by atoms with van der Waals surface area (Å²) in [6, 6.07) is 8.47. The fraction of sp³-hybridized carbons (Fsp3) is 0.286. The molecule has 11 heteroatoms. The number of benzene rings is 2. The molecule has 0 unspecified atom stereocenters. The van der Waals surface area contributed by atoms with Crippen molar-refractivity contribution in [2.75, 3.05) is 11.3 Å². The molecule has 0 amide bonds. The summed E-state index contributed by atoms with van der Waals surface area (Å²) in [5.41, 5.74) is -0.246. The van der Waals surface area contributed by atoms with Gasteiger partial charge in [0.15, 0.2) is 11.6 Å². The lowest BCUT2D eigenvalue weighted by atomic mass is 10.1. The van der Waals surface area contributed by atoms with Crippen LogP contribution in [0.2, 0.25) is 0 Å². The van der Waals surface area contributed by atoms with Crippen molar-refractivity contribution in [3.05, 3.63) is 58.4 Å². The Bertz CT molecular complexity index is 1460. The maximum Gasteiger partial charge on any atom is 0.301 e. The van der Waals surface area contributed by atoms with Gasteiger partial charge in [0.1, 0.15) is 17.4 Å². The first-order valence-electron chi connectivity index (χ1n) is 9.94. The molecule has 164 valence electrons. The van der Waals surface area contributed by atoms with Gasteiger partial charge in [0.05, 0.1) is 22.9 Å². The molecule has 1 aromatic heterocycles. The number of aromatic nitrogens is 2. The molecular weight excluding hydrogens is 437 g/mol. The van der Waals surface area contributed by atoms with Crippen molar-refractivity contribution in [3.63, 3.8) is 0 Å². The minimum atomic E-state index is -3.89. The molecule has 1 saturated heterocycles. The fourth-order valence-corrected chi connectivity index (χ4v) is 5.60. The zero-order valence-electron chi connectivity index (χ0n) is 16.9. The molecule has 32 heavy (non-hydrogen) atoms. The number of ether oxygens (including phenoxy) is 1. The SMILES string of the molecule is Cn1cnc2ccc(Oc3c(F)ccc(NS(=O)(=O)N4CC[C@H]5C[C@H]54)c3C#N)cc2c1=O. The Labute approximate surface area is 182 Å². The lowest BCUT2D eigenvalue weighted by Crippen LogP contribution is -2.36. The van der Waals surface area contributed by atoms with E-state index in [4.69, 9.17) is 4.74 Å². The van der Waals surface area contributed by atoms with Crippen LogP contribution in [-0.2, 0) is 17.3 Å². The smallest absolute Gasteiger partial charge is 0.301 e. The van der Waals surface area contributed by atoms with Crippen LogP contribution in [0, 0.1) is 23.1 Å². The molecular formula is C21H18FN5O4S. The highest BCUT2D eigenvalue weighted by atomic mass is 32.2. The van der Waals surface area contributed by atoms with Gasteiger partial charge >= 0.3 is 10.2 Å². The number of fused-ring (bicyclic) bond motifs is 2. The Morgan fingerprint density at radius 2 is 2.12 bits per heavy atom. The molecule has 9 nitrogen and oxygen atoms in total. The number of halogens is 1. The molecule has 3 aromatic rings. The first-order valence-corrected chi connectivity index (χ1v) is 11.4. The standard InChI is InChI=1S/C21H18FN5O4S/c1-26-11-24-17-4-2-13(9-14(17)21(26)28)31-20-15(10-23)18(5-3-16(20)22)25-32(29,30)27-7-6-12-8-19(12)27/h2-5,9,11-12,19,25H,6-8H2,1H3/t12-,19+/m0/s1. The van der Waals surface area contributed by atoms with Crippen LogP contribution in [0.1, 0.15) is 18.4 Å². The fourth-order valence-electron chi connectivity index (χ4n) is 4.07. The lowest BCUT2D eigenvalue weighted by molar-refractivity contribution is 0.441. The van der Waals surface area contributed by atoms with Crippen LogP contribution in [0.15, 0.2) is 41.5 Å². The number of hydrogen-bond donors (Lipinski definition) is 1. The van der Waals surface area contributed by atoms with E-state index >= 15 is 0 Å². The molecule has 2 heterocycles. The van der Waals surface area contributed by atoms with E-state index in [1.165, 1.54) is 33.4 Å². The summed E-state index contributed by atoms with van der Waals surface area (Å²) in [6.07, 6.45) is 3.03. The van der Waals surface area contributed by atoms with Crippen molar-refractivity contribution < 1.29 is 17.5 Å². The predicted octanol–water partition coefficient (Wildman–Crippen LogP) is 2.49. The van der Waals surface area contributed by atoms with E-state index in [0.29, 0.717) is 18.0 Å². The molecule has 1 N–H and O–H groups in total. The zero-order valence-corrected chi connectivity index (χ0v) is 17.8. The second-order valence-electron chi connectivity index (χ2n) is 7.92. The molecule has 5 rings (SSSR count). The molecule has 2 aliphatic rings. The minimum Gasteiger partial charge on any atom is -0.453 e. The van der Waals surface area contributed by atoms with Crippen LogP contribution < -0.4 is 15.0 Å². The van der Waals surface area contributed by atoms with Gasteiger partial charge in [-0.3, -0.25) is 9.52 Å². The van der Waals surface area contributed by atoms with Gasteiger partial charge in [-0.05, 0) is 49.1 Å². The highest BCUT2D eigenvalue weighted by Crippen LogP contribution is 2.46. The van der Waals surface area contributed by atoms with Gasteiger partial charge in [0.2, 0.25) is 0 Å². The number of nitriles is 1. The van der Waals surface area contributed by atoms with Gasteiger partial charge in [-0.1, -0.05) is 0 Å². The van der Waals surface area contributed by atoms with Crippen molar-refractivity contribution in [3.8, 4) is 17.6 Å². The summed E-state index contributed by atoms with van der Waals surface area (Å²) < 4.78 is 50.9. The molecule has 1 aliphatic heterocycles. The third-order valence-electron chi connectivity index (χ3n) is 5.85. The Morgan fingerprint density at radius 1 is 1.31 bits per heavy atom. The monoisotopic (exact) mass is 455 g/mol. The molecule has 2 fully saturated rings. The highest BCUT2D eigenvalue weighted by Gasteiger charge is 2.51. The molecule has 1 aliphatic carbocycles. The van der Waals surface area contributed by atoms with Gasteiger partial charge in [0, 0.05) is 19.6 Å². The number of nitrogens with zero attached hydrogens (tertiary/aromatic N) is 4. The first kappa shape index (κ1) is 20.4. The van der Waals surface area contributed by atoms with Gasteiger partial charge in [-0.25, -0.2) is 9.37 Å². The van der Waals surface area contributed by atoms with Crippen molar-refractivity contribution in [2.45, 2.75) is 18.9 Å². The van der Waals surface area contributed by atoms with Gasteiger partial charge < -0.3 is 9.30 Å². The molecule has 2 atom stereocenters. The van der Waals surface area contributed by atoms with E-state index in [-0.39, 0.29) is 34.0 Å². The molecule has 2 aromatic carbocycles. The van der Waals surface area contributed by atoms with Crippen molar-refractivity contribution in [1.29, 1.82) is 5.26 Å². The van der Waals surface area contributed by atoms with Crippen LogP contribution in [0.5, 0.6) is 11.5 Å². The Kier molecular flexibility index (Phi) is 4.65. The van der Waals surface area contributed by atoms with Crippen LogP contribution in [0.3, 0.4) is 0 Å². The predicted molar refractivity (Wildman–Crippen MR) is 114 cm³/mol.